The minimum atomic E-state index is -0.661. The molecule has 2 aromatic rings. The molecule has 2 rings (SSSR count). The number of hydrogen-bond acceptors (Lipinski definition) is 4. The van der Waals surface area contributed by atoms with Gasteiger partial charge in [-0.05, 0) is 23.3 Å². The van der Waals surface area contributed by atoms with E-state index in [1.165, 1.54) is 12.5 Å². The van der Waals surface area contributed by atoms with Gasteiger partial charge in [-0.3, -0.25) is 0 Å². The van der Waals surface area contributed by atoms with Crippen LogP contribution in [-0.2, 0) is 19.1 Å². The number of carbonyl (C=O) groups is 2. The predicted octanol–water partition coefficient (Wildman–Crippen LogP) is 3.97. The Morgan fingerprint density at radius 3 is 1.38 bits per heavy atom. The summed E-state index contributed by atoms with van der Waals surface area (Å²) in [5.74, 6) is -1.32. The van der Waals surface area contributed by atoms with E-state index in [0.717, 1.165) is 23.3 Å². The van der Waals surface area contributed by atoms with Crippen LogP contribution in [0.3, 0.4) is 0 Å². The first-order chi connectivity index (χ1) is 11.7. The number of esters is 2. The van der Waals surface area contributed by atoms with Crippen molar-refractivity contribution >= 4 is 24.1 Å². The van der Waals surface area contributed by atoms with Crippen molar-refractivity contribution in [2.24, 2.45) is 0 Å². The second-order valence-electron chi connectivity index (χ2n) is 4.63. The maximum atomic E-state index is 11.4. The first-order valence-electron chi connectivity index (χ1n) is 7.26. The van der Waals surface area contributed by atoms with Crippen LogP contribution in [0.1, 0.15) is 11.1 Å². The van der Waals surface area contributed by atoms with Gasteiger partial charge in [-0.25, -0.2) is 9.59 Å². The predicted molar refractivity (Wildman–Crippen MR) is 92.3 cm³/mol. The van der Waals surface area contributed by atoms with Crippen molar-refractivity contribution in [1.82, 2.24) is 0 Å². The van der Waals surface area contributed by atoms with Crippen LogP contribution in [0.4, 0.5) is 0 Å². The smallest absolute Gasteiger partial charge is 0.335 e. The van der Waals surface area contributed by atoms with Crippen LogP contribution in [0.2, 0.25) is 0 Å². The van der Waals surface area contributed by atoms with E-state index in [-0.39, 0.29) is 0 Å². The molecule has 0 aliphatic carbocycles. The molecular formula is C20H16O4. The normalized spacial score (nSPS) is 11.2. The molecule has 4 nitrogen and oxygen atoms in total. The molecule has 0 unspecified atom stereocenters. The van der Waals surface area contributed by atoms with Crippen LogP contribution in [-0.4, -0.2) is 11.9 Å². The minimum absolute atomic E-state index is 0.661. The molecular weight excluding hydrogens is 304 g/mol. The van der Waals surface area contributed by atoms with Crippen molar-refractivity contribution < 1.29 is 19.1 Å². The Bertz CT molecular complexity index is 678. The fourth-order valence-electron chi connectivity index (χ4n) is 1.70. The van der Waals surface area contributed by atoms with Crippen molar-refractivity contribution in [1.29, 1.82) is 0 Å². The lowest BCUT2D eigenvalue weighted by molar-refractivity contribution is -0.135. The molecule has 0 bridgehead atoms. The summed E-state index contributed by atoms with van der Waals surface area (Å²) in [4.78, 5) is 22.9. The summed E-state index contributed by atoms with van der Waals surface area (Å²) in [5.41, 5.74) is 1.81. The molecule has 0 fully saturated rings. The van der Waals surface area contributed by atoms with Crippen molar-refractivity contribution in [2.45, 2.75) is 0 Å². The number of hydrogen-bond donors (Lipinski definition) is 0. The van der Waals surface area contributed by atoms with Crippen molar-refractivity contribution in [3.63, 3.8) is 0 Å². The van der Waals surface area contributed by atoms with Crippen LogP contribution < -0.4 is 0 Å². The third kappa shape index (κ3) is 6.58. The number of ether oxygens (including phenoxy) is 2. The van der Waals surface area contributed by atoms with Crippen LogP contribution in [0.15, 0.2) is 85.3 Å². The Kier molecular flexibility index (Phi) is 6.77. The van der Waals surface area contributed by atoms with Crippen LogP contribution in [0.5, 0.6) is 0 Å². The molecule has 0 aromatic heterocycles. The second-order valence-corrected chi connectivity index (χ2v) is 4.63. The summed E-state index contributed by atoms with van der Waals surface area (Å²) in [6.45, 7) is 0. The Balaban J connectivity index is 1.73. The van der Waals surface area contributed by atoms with E-state index >= 15 is 0 Å². The standard InChI is InChI=1S/C20H16O4/c21-19(23-15-13-17-7-3-1-4-8-17)11-12-20(22)24-16-14-18-9-5-2-6-10-18/h1-16H/b12-11+,15-13+,16-14+. The van der Waals surface area contributed by atoms with E-state index in [4.69, 9.17) is 9.47 Å². The quantitative estimate of drug-likeness (QED) is 0.459. The molecule has 0 aliphatic rings. The molecule has 0 N–H and O–H groups in total. The van der Waals surface area contributed by atoms with E-state index in [1.54, 1.807) is 12.2 Å². The molecule has 0 radical (unpaired) electrons. The largest absolute Gasteiger partial charge is 0.431 e. The summed E-state index contributed by atoms with van der Waals surface area (Å²) in [5, 5.41) is 0. The van der Waals surface area contributed by atoms with Gasteiger partial charge in [-0.2, -0.15) is 0 Å². The van der Waals surface area contributed by atoms with Crippen LogP contribution in [0, 0.1) is 0 Å². The first kappa shape index (κ1) is 17.0. The monoisotopic (exact) mass is 320 g/mol. The van der Waals surface area contributed by atoms with Crippen LogP contribution in [0.25, 0.3) is 12.2 Å². The van der Waals surface area contributed by atoms with Gasteiger partial charge in [0.1, 0.15) is 0 Å². The lowest BCUT2D eigenvalue weighted by Gasteiger charge is -1.95. The fourth-order valence-corrected chi connectivity index (χ4v) is 1.70. The second kappa shape index (κ2) is 9.58. The van der Waals surface area contributed by atoms with Gasteiger partial charge < -0.3 is 9.47 Å². The van der Waals surface area contributed by atoms with E-state index in [1.807, 2.05) is 60.7 Å². The SMILES string of the molecule is O=C(/C=C/C(=O)O/C=C/c1ccccc1)O/C=C/c1ccccc1. The summed E-state index contributed by atoms with van der Waals surface area (Å²) in [7, 11) is 0. The van der Waals surface area contributed by atoms with E-state index in [2.05, 4.69) is 0 Å². The van der Waals surface area contributed by atoms with E-state index in [0.29, 0.717) is 0 Å². The minimum Gasteiger partial charge on any atom is -0.431 e. The van der Waals surface area contributed by atoms with Gasteiger partial charge in [-0.1, -0.05) is 60.7 Å². The Morgan fingerprint density at radius 2 is 1.00 bits per heavy atom. The number of carbonyl (C=O) groups excluding carboxylic acids is 2. The zero-order valence-electron chi connectivity index (χ0n) is 12.9. The van der Waals surface area contributed by atoms with Gasteiger partial charge in [0.15, 0.2) is 0 Å². The average Bonchev–Trinajstić information content (AvgIpc) is 2.62. The molecule has 0 aliphatic heterocycles. The highest BCUT2D eigenvalue weighted by molar-refractivity contribution is 5.92. The van der Waals surface area contributed by atoms with Crippen molar-refractivity contribution in [3.05, 3.63) is 96.5 Å². The molecule has 0 atom stereocenters. The topological polar surface area (TPSA) is 52.6 Å². The summed E-state index contributed by atoms with van der Waals surface area (Å²) in [6.07, 6.45) is 7.84. The van der Waals surface area contributed by atoms with Crippen molar-refractivity contribution in [2.75, 3.05) is 0 Å². The molecule has 4 heteroatoms. The van der Waals surface area contributed by atoms with Gasteiger partial charge in [0, 0.05) is 12.2 Å². The molecule has 0 spiro atoms. The molecule has 24 heavy (non-hydrogen) atoms. The van der Waals surface area contributed by atoms with Gasteiger partial charge in [-0.15, -0.1) is 0 Å². The first-order valence-corrected chi connectivity index (χ1v) is 7.26. The highest BCUT2D eigenvalue weighted by Gasteiger charge is 1.98. The third-order valence-corrected chi connectivity index (χ3v) is 2.84. The molecule has 120 valence electrons. The van der Waals surface area contributed by atoms with Gasteiger partial charge >= 0.3 is 11.9 Å². The number of benzene rings is 2. The number of rotatable bonds is 6. The lowest BCUT2D eigenvalue weighted by atomic mass is 10.2. The highest BCUT2D eigenvalue weighted by atomic mass is 16.5. The fraction of sp³-hybridized carbons (Fsp3) is 0. The zero-order valence-corrected chi connectivity index (χ0v) is 12.9. The van der Waals surface area contributed by atoms with Gasteiger partial charge in [0.25, 0.3) is 0 Å². The summed E-state index contributed by atoms with van der Waals surface area (Å²) < 4.78 is 9.68. The Labute approximate surface area is 140 Å². The summed E-state index contributed by atoms with van der Waals surface area (Å²) >= 11 is 0. The zero-order chi connectivity index (χ0) is 17.0. The average molecular weight is 320 g/mol. The van der Waals surface area contributed by atoms with Gasteiger partial charge in [0.05, 0.1) is 12.5 Å². The van der Waals surface area contributed by atoms with Crippen molar-refractivity contribution in [3.8, 4) is 0 Å². The Morgan fingerprint density at radius 1 is 0.625 bits per heavy atom. The van der Waals surface area contributed by atoms with E-state index in [9.17, 15) is 9.59 Å². The molecule has 0 heterocycles. The summed E-state index contributed by atoms with van der Waals surface area (Å²) in [6, 6.07) is 18.8. The third-order valence-electron chi connectivity index (χ3n) is 2.84. The maximum Gasteiger partial charge on any atom is 0.335 e. The highest BCUT2D eigenvalue weighted by Crippen LogP contribution is 2.02. The molecule has 0 saturated heterocycles. The molecule has 0 amide bonds. The van der Waals surface area contributed by atoms with Crippen LogP contribution >= 0.6 is 0 Å². The van der Waals surface area contributed by atoms with E-state index < -0.39 is 11.9 Å². The maximum absolute atomic E-state index is 11.4. The lowest BCUT2D eigenvalue weighted by Crippen LogP contribution is -1.98. The molecule has 2 aromatic carbocycles. The van der Waals surface area contributed by atoms with Gasteiger partial charge in [0.2, 0.25) is 0 Å². The molecule has 0 saturated carbocycles. The Hall–Kier alpha value is -3.40.